The summed E-state index contributed by atoms with van der Waals surface area (Å²) < 4.78 is 10.3. The molecular formula is C12H21N3O5. The van der Waals surface area contributed by atoms with E-state index in [1.54, 1.807) is 0 Å². The van der Waals surface area contributed by atoms with Gasteiger partial charge in [-0.1, -0.05) is 0 Å². The van der Waals surface area contributed by atoms with Gasteiger partial charge in [-0.25, -0.2) is 4.79 Å². The van der Waals surface area contributed by atoms with Crippen molar-refractivity contribution in [3.63, 3.8) is 0 Å². The minimum absolute atomic E-state index is 0.147. The van der Waals surface area contributed by atoms with E-state index < -0.39 is 17.9 Å². The Morgan fingerprint density at radius 2 is 1.95 bits per heavy atom. The van der Waals surface area contributed by atoms with E-state index in [9.17, 15) is 9.59 Å². The molecule has 20 heavy (non-hydrogen) atoms. The lowest BCUT2D eigenvalue weighted by Crippen LogP contribution is -2.49. The van der Waals surface area contributed by atoms with Gasteiger partial charge in [0.1, 0.15) is 5.92 Å². The summed E-state index contributed by atoms with van der Waals surface area (Å²) in [5, 5.41) is 14.4. The van der Waals surface area contributed by atoms with Gasteiger partial charge in [0, 0.05) is 26.2 Å². The Kier molecular flexibility index (Phi) is 5.57. The third-order valence-corrected chi connectivity index (χ3v) is 3.53. The molecule has 0 spiro atoms. The molecule has 2 fully saturated rings. The second-order valence-corrected chi connectivity index (χ2v) is 4.94. The number of carboxylic acids is 1. The molecule has 0 aromatic heterocycles. The van der Waals surface area contributed by atoms with Crippen LogP contribution in [0, 0.1) is 5.92 Å². The van der Waals surface area contributed by atoms with E-state index in [4.69, 9.17) is 14.6 Å². The Labute approximate surface area is 117 Å². The molecule has 2 atom stereocenters. The number of ether oxygens (including phenoxy) is 2. The second kappa shape index (κ2) is 7.41. The van der Waals surface area contributed by atoms with E-state index in [2.05, 4.69) is 15.5 Å². The molecule has 0 aliphatic carbocycles. The van der Waals surface area contributed by atoms with Crippen molar-refractivity contribution < 1.29 is 24.2 Å². The summed E-state index contributed by atoms with van der Waals surface area (Å²) in [5.41, 5.74) is 0. The predicted molar refractivity (Wildman–Crippen MR) is 69.5 cm³/mol. The van der Waals surface area contributed by atoms with Crippen molar-refractivity contribution in [2.75, 3.05) is 52.6 Å². The van der Waals surface area contributed by atoms with Crippen LogP contribution in [0.5, 0.6) is 0 Å². The lowest BCUT2D eigenvalue weighted by atomic mass is 10.0. The summed E-state index contributed by atoms with van der Waals surface area (Å²) in [6.45, 7) is 4.89. The number of hydrogen-bond acceptors (Lipinski definition) is 5. The maximum absolute atomic E-state index is 11.7. The highest BCUT2D eigenvalue weighted by atomic mass is 16.5. The quantitative estimate of drug-likeness (QED) is 0.582. The number of carbonyl (C=O) groups excluding carboxylic acids is 1. The van der Waals surface area contributed by atoms with Crippen molar-refractivity contribution in [1.82, 2.24) is 15.5 Å². The first-order chi connectivity index (χ1) is 9.66. The van der Waals surface area contributed by atoms with Crippen molar-refractivity contribution >= 4 is 12.0 Å². The average Bonchev–Trinajstić information content (AvgIpc) is 2.88. The van der Waals surface area contributed by atoms with Crippen LogP contribution in [-0.2, 0) is 14.3 Å². The van der Waals surface area contributed by atoms with Gasteiger partial charge in [-0.3, -0.25) is 9.69 Å². The monoisotopic (exact) mass is 287 g/mol. The van der Waals surface area contributed by atoms with Gasteiger partial charge in [0.2, 0.25) is 0 Å². The lowest BCUT2D eigenvalue weighted by Gasteiger charge is -2.26. The highest BCUT2D eigenvalue weighted by molar-refractivity contribution is 5.77. The smallest absolute Gasteiger partial charge is 0.315 e. The number of amides is 2. The topological polar surface area (TPSA) is 100 Å². The number of aliphatic carboxylic acids is 1. The van der Waals surface area contributed by atoms with Crippen molar-refractivity contribution in [2.24, 2.45) is 5.92 Å². The van der Waals surface area contributed by atoms with Gasteiger partial charge >= 0.3 is 12.0 Å². The fraction of sp³-hybridized carbons (Fsp3) is 0.833. The summed E-state index contributed by atoms with van der Waals surface area (Å²) in [5.74, 6) is -1.61. The van der Waals surface area contributed by atoms with Crippen LogP contribution in [0.15, 0.2) is 0 Å². The lowest BCUT2D eigenvalue weighted by molar-refractivity contribution is -0.142. The zero-order chi connectivity index (χ0) is 14.4. The minimum Gasteiger partial charge on any atom is -0.481 e. The Morgan fingerprint density at radius 1 is 1.20 bits per heavy atom. The minimum atomic E-state index is -0.943. The van der Waals surface area contributed by atoms with Gasteiger partial charge in [0.15, 0.2) is 0 Å². The van der Waals surface area contributed by atoms with Crippen molar-refractivity contribution in [3.8, 4) is 0 Å². The molecule has 2 aliphatic rings. The molecule has 0 aromatic rings. The van der Waals surface area contributed by atoms with Gasteiger partial charge in [0.25, 0.3) is 0 Å². The molecular weight excluding hydrogens is 266 g/mol. The summed E-state index contributed by atoms with van der Waals surface area (Å²) in [6.07, 6.45) is 0. The molecule has 0 aromatic carbocycles. The number of urea groups is 1. The van der Waals surface area contributed by atoms with Crippen LogP contribution in [0.25, 0.3) is 0 Å². The number of rotatable bonds is 5. The molecule has 2 saturated heterocycles. The van der Waals surface area contributed by atoms with Crippen molar-refractivity contribution in [3.05, 3.63) is 0 Å². The van der Waals surface area contributed by atoms with E-state index >= 15 is 0 Å². The average molecular weight is 287 g/mol. The highest BCUT2D eigenvalue weighted by Gasteiger charge is 2.34. The van der Waals surface area contributed by atoms with Crippen molar-refractivity contribution in [2.45, 2.75) is 6.04 Å². The molecule has 2 aliphatic heterocycles. The number of carboxylic acid groups (broad SMARTS) is 1. The zero-order valence-electron chi connectivity index (χ0n) is 11.3. The Bertz CT molecular complexity index is 346. The molecule has 0 saturated carbocycles. The first-order valence-corrected chi connectivity index (χ1v) is 6.82. The normalized spacial score (nSPS) is 27.2. The number of morpholine rings is 1. The van der Waals surface area contributed by atoms with Crippen LogP contribution in [0.2, 0.25) is 0 Å². The molecule has 2 unspecified atom stereocenters. The summed E-state index contributed by atoms with van der Waals surface area (Å²) >= 11 is 0. The number of nitrogens with one attached hydrogen (secondary N) is 2. The fourth-order valence-corrected chi connectivity index (χ4v) is 2.31. The Morgan fingerprint density at radius 3 is 2.65 bits per heavy atom. The Hall–Kier alpha value is -1.38. The standard InChI is InChI=1S/C12H21N3O5/c16-11(17)9-7-20-8-10(9)14-12(18)13-1-2-15-3-5-19-6-4-15/h9-10H,1-8H2,(H,16,17)(H2,13,14,18). The summed E-state index contributed by atoms with van der Waals surface area (Å²) in [4.78, 5) is 24.8. The maximum atomic E-state index is 11.7. The van der Waals surface area contributed by atoms with Crippen LogP contribution >= 0.6 is 0 Å². The van der Waals surface area contributed by atoms with Crippen LogP contribution in [0.1, 0.15) is 0 Å². The van der Waals surface area contributed by atoms with Crippen molar-refractivity contribution in [1.29, 1.82) is 0 Å². The SMILES string of the molecule is O=C(NCCN1CCOCC1)NC1COCC1C(=O)O. The van der Waals surface area contributed by atoms with E-state index in [1.165, 1.54) is 0 Å². The first kappa shape index (κ1) is 15.0. The van der Waals surface area contributed by atoms with Crippen LogP contribution in [0.3, 0.4) is 0 Å². The van der Waals surface area contributed by atoms with Crippen LogP contribution in [0.4, 0.5) is 4.79 Å². The molecule has 0 radical (unpaired) electrons. The molecule has 2 amide bonds. The summed E-state index contributed by atoms with van der Waals surface area (Å²) in [7, 11) is 0. The Balaban J connectivity index is 1.63. The number of carbonyl (C=O) groups is 2. The van der Waals surface area contributed by atoms with Crippen LogP contribution < -0.4 is 10.6 Å². The molecule has 2 rings (SSSR count). The number of hydrogen-bond donors (Lipinski definition) is 3. The molecule has 3 N–H and O–H groups in total. The van der Waals surface area contributed by atoms with E-state index in [0.29, 0.717) is 6.54 Å². The zero-order valence-corrected chi connectivity index (χ0v) is 11.3. The highest BCUT2D eigenvalue weighted by Crippen LogP contribution is 2.13. The van der Waals surface area contributed by atoms with E-state index in [-0.39, 0.29) is 19.2 Å². The van der Waals surface area contributed by atoms with E-state index in [0.717, 1.165) is 32.8 Å². The number of nitrogens with zero attached hydrogens (tertiary/aromatic N) is 1. The second-order valence-electron chi connectivity index (χ2n) is 4.94. The maximum Gasteiger partial charge on any atom is 0.315 e. The third kappa shape index (κ3) is 4.32. The predicted octanol–water partition coefficient (Wildman–Crippen LogP) is -1.28. The third-order valence-electron chi connectivity index (χ3n) is 3.53. The molecule has 0 bridgehead atoms. The first-order valence-electron chi connectivity index (χ1n) is 6.82. The van der Waals surface area contributed by atoms with Gasteiger partial charge < -0.3 is 25.2 Å². The summed E-state index contributed by atoms with van der Waals surface area (Å²) in [6, 6.07) is -0.809. The largest absolute Gasteiger partial charge is 0.481 e. The fourth-order valence-electron chi connectivity index (χ4n) is 2.31. The van der Waals surface area contributed by atoms with Gasteiger partial charge in [-0.05, 0) is 0 Å². The molecule has 8 nitrogen and oxygen atoms in total. The van der Waals surface area contributed by atoms with E-state index in [1.807, 2.05) is 0 Å². The molecule has 8 heteroatoms. The molecule has 2 heterocycles. The van der Waals surface area contributed by atoms with Gasteiger partial charge in [-0.2, -0.15) is 0 Å². The molecule has 114 valence electrons. The van der Waals surface area contributed by atoms with Gasteiger partial charge in [-0.15, -0.1) is 0 Å². The van der Waals surface area contributed by atoms with Crippen LogP contribution in [-0.4, -0.2) is 80.7 Å². The van der Waals surface area contributed by atoms with Gasteiger partial charge in [0.05, 0.1) is 32.5 Å².